The fourth-order valence-electron chi connectivity index (χ4n) is 4.83. The Morgan fingerprint density at radius 3 is 2.11 bits per heavy atom. The number of anilines is 1. The van der Waals surface area contributed by atoms with Crippen LogP contribution in [-0.4, -0.2) is 51.4 Å². The number of nitrogens with one attached hydrogen (secondary N) is 1. The Hall–Kier alpha value is -4.34. The summed E-state index contributed by atoms with van der Waals surface area (Å²) >= 11 is 6.52. The molecule has 10 heteroatoms. The normalized spacial score (nSPS) is 11.9. The number of para-hydroxylation sites is 1. The van der Waals surface area contributed by atoms with Gasteiger partial charge in [0.2, 0.25) is 11.8 Å². The molecule has 0 aliphatic heterocycles. The Morgan fingerprint density at radius 1 is 0.844 bits per heavy atom. The third-order valence-corrected chi connectivity index (χ3v) is 9.27. The number of amides is 2. The number of nitrogens with zero attached hydrogens (tertiary/aromatic N) is 2. The van der Waals surface area contributed by atoms with E-state index >= 15 is 0 Å². The lowest BCUT2D eigenvalue weighted by molar-refractivity contribution is -0.140. The molecule has 1 atom stereocenters. The van der Waals surface area contributed by atoms with Crippen LogP contribution in [0, 0.1) is 5.92 Å². The van der Waals surface area contributed by atoms with Crippen LogP contribution in [0.5, 0.6) is 5.75 Å². The summed E-state index contributed by atoms with van der Waals surface area (Å²) in [6.45, 7) is 3.83. The molecular formula is C35H38ClN3O5S. The van der Waals surface area contributed by atoms with Gasteiger partial charge in [0.25, 0.3) is 10.0 Å². The van der Waals surface area contributed by atoms with E-state index in [0.717, 1.165) is 9.87 Å². The second-order valence-electron chi connectivity index (χ2n) is 11.0. The van der Waals surface area contributed by atoms with E-state index in [1.807, 2.05) is 50.2 Å². The summed E-state index contributed by atoms with van der Waals surface area (Å²) in [7, 11) is -2.68. The van der Waals surface area contributed by atoms with Crippen LogP contribution in [0.1, 0.15) is 25.0 Å². The topological polar surface area (TPSA) is 96.0 Å². The molecule has 45 heavy (non-hydrogen) atoms. The van der Waals surface area contributed by atoms with E-state index in [4.69, 9.17) is 16.3 Å². The molecule has 1 N–H and O–H groups in total. The van der Waals surface area contributed by atoms with Crippen molar-refractivity contribution in [2.75, 3.05) is 24.5 Å². The van der Waals surface area contributed by atoms with E-state index in [-0.39, 0.29) is 40.4 Å². The van der Waals surface area contributed by atoms with Crippen molar-refractivity contribution in [1.82, 2.24) is 10.2 Å². The molecule has 0 bridgehead atoms. The zero-order chi connectivity index (χ0) is 32.4. The van der Waals surface area contributed by atoms with E-state index in [0.29, 0.717) is 17.9 Å². The van der Waals surface area contributed by atoms with Crippen molar-refractivity contribution >= 4 is 39.1 Å². The third kappa shape index (κ3) is 8.86. The molecule has 0 unspecified atom stereocenters. The number of rotatable bonds is 14. The largest absolute Gasteiger partial charge is 0.497 e. The number of methoxy groups -OCH3 is 1. The quantitative estimate of drug-likeness (QED) is 0.182. The molecular weight excluding hydrogens is 610 g/mol. The maximum absolute atomic E-state index is 14.5. The van der Waals surface area contributed by atoms with Crippen LogP contribution in [0.2, 0.25) is 5.02 Å². The third-order valence-electron chi connectivity index (χ3n) is 7.17. The average Bonchev–Trinajstić information content (AvgIpc) is 3.05. The minimum Gasteiger partial charge on any atom is -0.497 e. The van der Waals surface area contributed by atoms with Crippen LogP contribution >= 0.6 is 11.6 Å². The van der Waals surface area contributed by atoms with Gasteiger partial charge in [-0.1, -0.05) is 98.2 Å². The van der Waals surface area contributed by atoms with Crippen LogP contribution in [0.25, 0.3) is 0 Å². The lowest BCUT2D eigenvalue weighted by Crippen LogP contribution is -2.53. The molecule has 0 fully saturated rings. The zero-order valence-electron chi connectivity index (χ0n) is 25.6. The number of benzene rings is 4. The number of carbonyl (C=O) groups is 2. The zero-order valence-corrected chi connectivity index (χ0v) is 27.2. The monoisotopic (exact) mass is 647 g/mol. The second kappa shape index (κ2) is 15.6. The maximum atomic E-state index is 14.5. The molecule has 2 amide bonds. The van der Waals surface area contributed by atoms with Crippen molar-refractivity contribution in [1.29, 1.82) is 0 Å². The Kier molecular flexibility index (Phi) is 11.6. The Morgan fingerprint density at radius 2 is 1.47 bits per heavy atom. The number of sulfonamides is 1. The highest BCUT2D eigenvalue weighted by Gasteiger charge is 2.35. The van der Waals surface area contributed by atoms with Crippen molar-refractivity contribution in [2.45, 2.75) is 37.8 Å². The molecule has 0 aromatic heterocycles. The van der Waals surface area contributed by atoms with Crippen LogP contribution in [-0.2, 0) is 32.6 Å². The van der Waals surface area contributed by atoms with Gasteiger partial charge in [-0.25, -0.2) is 8.42 Å². The van der Waals surface area contributed by atoms with Gasteiger partial charge in [-0.15, -0.1) is 0 Å². The molecule has 236 valence electrons. The van der Waals surface area contributed by atoms with E-state index in [1.165, 1.54) is 17.0 Å². The van der Waals surface area contributed by atoms with Crippen LogP contribution in [0.15, 0.2) is 114 Å². The first-order chi connectivity index (χ1) is 21.6. The lowest BCUT2D eigenvalue weighted by atomic mass is 10.0. The second-order valence-corrected chi connectivity index (χ2v) is 13.3. The van der Waals surface area contributed by atoms with Crippen LogP contribution in [0.4, 0.5) is 5.69 Å². The van der Waals surface area contributed by atoms with Gasteiger partial charge in [0.15, 0.2) is 0 Å². The summed E-state index contributed by atoms with van der Waals surface area (Å²) < 4.78 is 34.5. The van der Waals surface area contributed by atoms with Crippen molar-refractivity contribution in [2.24, 2.45) is 5.92 Å². The lowest BCUT2D eigenvalue weighted by Gasteiger charge is -2.34. The molecule has 0 aliphatic rings. The maximum Gasteiger partial charge on any atom is 0.264 e. The van der Waals surface area contributed by atoms with Crippen molar-refractivity contribution < 1.29 is 22.7 Å². The molecule has 0 aliphatic carbocycles. The van der Waals surface area contributed by atoms with Crippen molar-refractivity contribution in [3.63, 3.8) is 0 Å². The number of ether oxygens (including phenoxy) is 1. The fraction of sp³-hybridized carbons (Fsp3) is 0.257. The van der Waals surface area contributed by atoms with Gasteiger partial charge < -0.3 is 15.0 Å². The number of hydrogen-bond acceptors (Lipinski definition) is 5. The summed E-state index contributed by atoms with van der Waals surface area (Å²) in [5, 5.41) is 3.15. The first-order valence-electron chi connectivity index (χ1n) is 14.7. The van der Waals surface area contributed by atoms with Crippen molar-refractivity contribution in [3.05, 3.63) is 125 Å². The fourth-order valence-corrected chi connectivity index (χ4v) is 6.57. The highest BCUT2D eigenvalue weighted by atomic mass is 35.5. The van der Waals surface area contributed by atoms with Gasteiger partial charge in [0, 0.05) is 19.5 Å². The average molecular weight is 648 g/mol. The highest BCUT2D eigenvalue weighted by molar-refractivity contribution is 7.92. The van der Waals surface area contributed by atoms with E-state index in [1.54, 1.807) is 67.8 Å². The van der Waals surface area contributed by atoms with Gasteiger partial charge in [-0.2, -0.15) is 0 Å². The van der Waals surface area contributed by atoms with E-state index < -0.39 is 28.5 Å². The standard InChI is InChI=1S/C35H38ClN3O5S/c1-26(2)23-37-35(41)33(22-27-13-6-4-7-14-27)38(24-28-15-12-16-29(21-28)44-3)34(40)25-39(32-20-11-10-19-31(32)36)45(42,43)30-17-8-5-9-18-30/h4-21,26,33H,22-25H2,1-3H3,(H,37,41)/t33-/m1/s1. The molecule has 8 nitrogen and oxygen atoms in total. The number of carbonyl (C=O) groups excluding carboxylic acids is 2. The molecule has 4 rings (SSSR count). The minimum absolute atomic E-state index is 0.00702. The first-order valence-corrected chi connectivity index (χ1v) is 16.5. The summed E-state index contributed by atoms with van der Waals surface area (Å²) in [5.41, 5.74) is 1.72. The Labute approximate surface area is 270 Å². The number of halogens is 1. The molecule has 0 radical (unpaired) electrons. The molecule has 4 aromatic rings. The molecule has 0 spiro atoms. The van der Waals surface area contributed by atoms with Gasteiger partial charge in [0.1, 0.15) is 18.3 Å². The van der Waals surface area contributed by atoms with E-state index in [9.17, 15) is 18.0 Å². The molecule has 0 saturated heterocycles. The van der Waals surface area contributed by atoms with Gasteiger partial charge in [0.05, 0.1) is 22.7 Å². The Bertz CT molecular complexity index is 1680. The van der Waals surface area contributed by atoms with E-state index in [2.05, 4.69) is 5.32 Å². The summed E-state index contributed by atoms with van der Waals surface area (Å²) in [4.78, 5) is 29.8. The van der Waals surface area contributed by atoms with Gasteiger partial charge in [-0.3, -0.25) is 13.9 Å². The van der Waals surface area contributed by atoms with Gasteiger partial charge in [-0.05, 0) is 53.4 Å². The van der Waals surface area contributed by atoms with Gasteiger partial charge >= 0.3 is 0 Å². The predicted molar refractivity (Wildman–Crippen MR) is 178 cm³/mol. The predicted octanol–water partition coefficient (Wildman–Crippen LogP) is 5.96. The summed E-state index contributed by atoms with van der Waals surface area (Å²) in [5.74, 6) is -0.134. The first kappa shape index (κ1) is 33.6. The number of hydrogen-bond donors (Lipinski definition) is 1. The molecule has 4 aromatic carbocycles. The van der Waals surface area contributed by atoms with Crippen LogP contribution in [0.3, 0.4) is 0 Å². The Balaban J connectivity index is 1.81. The molecule has 0 heterocycles. The smallest absolute Gasteiger partial charge is 0.264 e. The highest BCUT2D eigenvalue weighted by Crippen LogP contribution is 2.31. The summed E-state index contributed by atoms with van der Waals surface area (Å²) in [6.07, 6.45) is 0.220. The summed E-state index contributed by atoms with van der Waals surface area (Å²) in [6, 6.07) is 30.0. The minimum atomic E-state index is -4.23. The van der Waals surface area contributed by atoms with Crippen molar-refractivity contribution in [3.8, 4) is 5.75 Å². The van der Waals surface area contributed by atoms with Crippen LogP contribution < -0.4 is 14.4 Å². The SMILES string of the molecule is COc1cccc(CN(C(=O)CN(c2ccccc2Cl)S(=O)(=O)c2ccccc2)[C@H](Cc2ccccc2)C(=O)NCC(C)C)c1. The molecule has 0 saturated carbocycles.